The van der Waals surface area contributed by atoms with Crippen LogP contribution in [0.3, 0.4) is 0 Å². The fraction of sp³-hybridized carbons (Fsp3) is 0.435. The highest BCUT2D eigenvalue weighted by Gasteiger charge is 2.32. The third-order valence-corrected chi connectivity index (χ3v) is 5.83. The molecule has 1 unspecified atom stereocenters. The Labute approximate surface area is 171 Å². The van der Waals surface area contributed by atoms with Crippen molar-refractivity contribution in [1.29, 1.82) is 0 Å². The molecule has 6 heteroatoms. The van der Waals surface area contributed by atoms with Gasteiger partial charge < -0.3 is 20.3 Å². The lowest BCUT2D eigenvalue weighted by molar-refractivity contribution is -0.132. The molecule has 154 valence electrons. The Bertz CT molecular complexity index is 860. The highest BCUT2D eigenvalue weighted by Crippen LogP contribution is 2.32. The smallest absolute Gasteiger partial charge is 0.224 e. The van der Waals surface area contributed by atoms with Gasteiger partial charge in [0.25, 0.3) is 0 Å². The number of nitrogens with zero attached hydrogens (tertiary/aromatic N) is 2. The molecule has 0 aromatic heterocycles. The monoisotopic (exact) mass is 397 g/mol. The van der Waals surface area contributed by atoms with E-state index in [0.29, 0.717) is 18.6 Å². The Morgan fingerprint density at radius 1 is 1.17 bits per heavy atom. The summed E-state index contributed by atoms with van der Waals surface area (Å²) in [6.45, 7) is 3.05. The van der Waals surface area contributed by atoms with E-state index < -0.39 is 0 Å². The summed E-state index contributed by atoms with van der Waals surface area (Å²) in [5.41, 5.74) is 7.85. The van der Waals surface area contributed by atoms with Gasteiger partial charge in [-0.15, -0.1) is 0 Å². The van der Waals surface area contributed by atoms with E-state index >= 15 is 0 Å². The second kappa shape index (κ2) is 8.82. The largest absolute Gasteiger partial charge is 0.490 e. The van der Waals surface area contributed by atoms with E-state index in [4.69, 9.17) is 10.5 Å². The van der Waals surface area contributed by atoms with Crippen LogP contribution in [0.2, 0.25) is 0 Å². The molecule has 0 saturated carbocycles. The number of benzene rings is 2. The van der Waals surface area contributed by atoms with Crippen LogP contribution in [0.15, 0.2) is 48.5 Å². The van der Waals surface area contributed by atoms with Gasteiger partial charge in [0.05, 0.1) is 12.2 Å². The number of para-hydroxylation sites is 2. The van der Waals surface area contributed by atoms with E-state index in [1.54, 1.807) is 18.2 Å². The first-order valence-electron chi connectivity index (χ1n) is 10.4. The van der Waals surface area contributed by atoms with Crippen molar-refractivity contribution < 1.29 is 13.9 Å². The third-order valence-electron chi connectivity index (χ3n) is 5.83. The molecule has 5 nitrogen and oxygen atoms in total. The van der Waals surface area contributed by atoms with Crippen LogP contribution in [0.25, 0.3) is 0 Å². The summed E-state index contributed by atoms with van der Waals surface area (Å²) in [6, 6.07) is 14.5. The molecule has 2 aromatic carbocycles. The maximum atomic E-state index is 13.9. The van der Waals surface area contributed by atoms with Crippen LogP contribution in [0.5, 0.6) is 5.75 Å². The minimum atomic E-state index is -0.384. The molecular weight excluding hydrogens is 369 g/mol. The number of amides is 1. The average Bonchev–Trinajstić information content (AvgIpc) is 3.18. The Hall–Kier alpha value is -2.60. The van der Waals surface area contributed by atoms with Gasteiger partial charge in [-0.3, -0.25) is 4.79 Å². The Kier molecular flexibility index (Phi) is 6.00. The SMILES string of the molecule is N[C@@H](CC(=O)N1CCCC1CN1CCOc2ccccc21)Cc1ccccc1F. The lowest BCUT2D eigenvalue weighted by Gasteiger charge is -2.36. The molecule has 2 N–H and O–H groups in total. The van der Waals surface area contributed by atoms with E-state index in [1.165, 1.54) is 6.07 Å². The Morgan fingerprint density at radius 2 is 1.97 bits per heavy atom. The first-order valence-corrected chi connectivity index (χ1v) is 10.4. The summed E-state index contributed by atoms with van der Waals surface area (Å²) >= 11 is 0. The number of rotatable bonds is 6. The molecule has 0 bridgehead atoms. The zero-order valence-electron chi connectivity index (χ0n) is 16.6. The Morgan fingerprint density at radius 3 is 2.83 bits per heavy atom. The van der Waals surface area contributed by atoms with Crippen molar-refractivity contribution in [3.63, 3.8) is 0 Å². The van der Waals surface area contributed by atoms with Crippen LogP contribution >= 0.6 is 0 Å². The van der Waals surface area contributed by atoms with Crippen molar-refractivity contribution in [2.75, 3.05) is 31.1 Å². The lowest BCUT2D eigenvalue weighted by Crippen LogP contribution is -2.46. The molecule has 2 aliphatic rings. The molecule has 2 aromatic rings. The minimum Gasteiger partial charge on any atom is -0.490 e. The first kappa shape index (κ1) is 19.7. The predicted molar refractivity (Wildman–Crippen MR) is 112 cm³/mol. The molecule has 0 spiro atoms. The van der Waals surface area contributed by atoms with Crippen molar-refractivity contribution >= 4 is 11.6 Å². The van der Waals surface area contributed by atoms with E-state index in [0.717, 1.165) is 43.9 Å². The van der Waals surface area contributed by atoms with Crippen molar-refractivity contribution in [3.8, 4) is 5.75 Å². The zero-order valence-corrected chi connectivity index (χ0v) is 16.6. The van der Waals surface area contributed by atoms with E-state index in [2.05, 4.69) is 11.0 Å². The van der Waals surface area contributed by atoms with Crippen LogP contribution in [0, 0.1) is 5.82 Å². The quantitative estimate of drug-likeness (QED) is 0.814. The molecule has 2 aliphatic heterocycles. The normalized spacial score (nSPS) is 19.6. The molecular formula is C23H28FN3O2. The van der Waals surface area contributed by atoms with Gasteiger partial charge in [0.1, 0.15) is 18.2 Å². The number of carbonyl (C=O) groups excluding carboxylic acids is 1. The number of anilines is 1. The van der Waals surface area contributed by atoms with E-state index in [9.17, 15) is 9.18 Å². The van der Waals surface area contributed by atoms with Gasteiger partial charge in [-0.2, -0.15) is 0 Å². The van der Waals surface area contributed by atoms with Crippen molar-refractivity contribution in [2.24, 2.45) is 5.73 Å². The first-order chi connectivity index (χ1) is 14.1. The van der Waals surface area contributed by atoms with Crippen LogP contribution in [0.1, 0.15) is 24.8 Å². The number of fused-ring (bicyclic) bond motifs is 1. The van der Waals surface area contributed by atoms with Gasteiger partial charge in [0.15, 0.2) is 0 Å². The van der Waals surface area contributed by atoms with Crippen LogP contribution < -0.4 is 15.4 Å². The second-order valence-corrected chi connectivity index (χ2v) is 7.91. The number of carbonyl (C=O) groups is 1. The van der Waals surface area contributed by atoms with Gasteiger partial charge in [-0.1, -0.05) is 30.3 Å². The summed E-state index contributed by atoms with van der Waals surface area (Å²) in [5.74, 6) is 0.708. The highest BCUT2D eigenvalue weighted by molar-refractivity contribution is 5.77. The van der Waals surface area contributed by atoms with Crippen LogP contribution in [-0.4, -0.2) is 49.1 Å². The summed E-state index contributed by atoms with van der Waals surface area (Å²) in [5, 5.41) is 0. The van der Waals surface area contributed by atoms with Gasteiger partial charge in [-0.05, 0) is 43.0 Å². The predicted octanol–water partition coefficient (Wildman–Crippen LogP) is 2.98. The van der Waals surface area contributed by atoms with Gasteiger partial charge in [0, 0.05) is 31.6 Å². The minimum absolute atomic E-state index is 0.0675. The van der Waals surface area contributed by atoms with E-state index in [1.807, 2.05) is 23.1 Å². The van der Waals surface area contributed by atoms with Crippen molar-refractivity contribution in [2.45, 2.75) is 37.8 Å². The molecule has 1 fully saturated rings. The summed E-state index contributed by atoms with van der Waals surface area (Å²) in [6.07, 6.45) is 2.61. The number of ether oxygens (including phenoxy) is 1. The maximum Gasteiger partial charge on any atom is 0.224 e. The maximum absolute atomic E-state index is 13.9. The number of hydrogen-bond acceptors (Lipinski definition) is 4. The number of hydrogen-bond donors (Lipinski definition) is 1. The zero-order chi connectivity index (χ0) is 20.2. The van der Waals surface area contributed by atoms with Crippen molar-refractivity contribution in [1.82, 2.24) is 4.90 Å². The summed E-state index contributed by atoms with van der Waals surface area (Å²) < 4.78 is 19.6. The fourth-order valence-electron chi connectivity index (χ4n) is 4.38. The molecule has 0 radical (unpaired) electrons. The number of nitrogens with two attached hydrogens (primary N) is 1. The highest BCUT2D eigenvalue weighted by atomic mass is 19.1. The fourth-order valence-corrected chi connectivity index (χ4v) is 4.38. The average molecular weight is 397 g/mol. The molecule has 29 heavy (non-hydrogen) atoms. The van der Waals surface area contributed by atoms with Gasteiger partial charge >= 0.3 is 0 Å². The topological polar surface area (TPSA) is 58.8 Å². The third kappa shape index (κ3) is 4.53. The molecule has 2 heterocycles. The van der Waals surface area contributed by atoms with E-state index in [-0.39, 0.29) is 30.2 Å². The van der Waals surface area contributed by atoms with Gasteiger partial charge in [0.2, 0.25) is 5.91 Å². The molecule has 1 amide bonds. The number of halogens is 1. The summed E-state index contributed by atoms with van der Waals surface area (Å²) in [4.78, 5) is 17.2. The molecule has 0 aliphatic carbocycles. The van der Waals surface area contributed by atoms with Crippen molar-refractivity contribution in [3.05, 3.63) is 59.9 Å². The van der Waals surface area contributed by atoms with Crippen LogP contribution in [-0.2, 0) is 11.2 Å². The van der Waals surface area contributed by atoms with Gasteiger partial charge in [-0.25, -0.2) is 4.39 Å². The number of likely N-dealkylation sites (tertiary alicyclic amines) is 1. The standard InChI is InChI=1S/C23H28FN3O2/c24-20-8-2-1-6-17(20)14-18(25)15-23(28)27-11-5-7-19(27)16-26-12-13-29-22-10-4-3-9-21(22)26/h1-4,6,8-10,18-19H,5,7,11-16,25H2/t18-,19?/m1/s1. The van der Waals surface area contributed by atoms with Crippen LogP contribution in [0.4, 0.5) is 10.1 Å². The summed E-state index contributed by atoms with van der Waals surface area (Å²) in [7, 11) is 0. The molecule has 4 rings (SSSR count). The second-order valence-electron chi connectivity index (χ2n) is 7.91. The Balaban J connectivity index is 1.37. The lowest BCUT2D eigenvalue weighted by atomic mass is 10.0. The molecule has 2 atom stereocenters. The molecule has 1 saturated heterocycles.